The molecule has 0 unspecified atom stereocenters. The maximum Gasteiger partial charge on any atom is 0.313 e. The molecule has 2 rings (SSSR count). The molecule has 2 aromatic heterocycles. The van der Waals surface area contributed by atoms with Crippen LogP contribution in [0.1, 0.15) is 0 Å². The van der Waals surface area contributed by atoms with Gasteiger partial charge in [-0.25, -0.2) is 4.98 Å². The van der Waals surface area contributed by atoms with E-state index in [4.69, 9.17) is 10.2 Å². The normalized spacial score (nSPS) is 10.2. The van der Waals surface area contributed by atoms with Crippen LogP contribution in [0.25, 0.3) is 11.6 Å². The van der Waals surface area contributed by atoms with Crippen molar-refractivity contribution in [3.05, 3.63) is 10.9 Å². The molecule has 6 heteroatoms. The Balaban J connectivity index is 2.45. The Hall–Kier alpha value is -1.43. The van der Waals surface area contributed by atoms with E-state index in [2.05, 4.69) is 15.2 Å². The largest absolute Gasteiger partial charge is 0.402 e. The lowest BCUT2D eigenvalue weighted by molar-refractivity contribution is 0.588. The van der Waals surface area contributed by atoms with Crippen molar-refractivity contribution in [3.63, 3.8) is 0 Å². The average Bonchev–Trinajstić information content (AvgIpc) is 2.55. The van der Waals surface area contributed by atoms with Gasteiger partial charge >= 0.3 is 6.01 Å². The van der Waals surface area contributed by atoms with Crippen LogP contribution in [0, 0.1) is 0 Å². The predicted molar refractivity (Wildman–Crippen MR) is 39.8 cm³/mol. The molecule has 2 N–H and O–H groups in total. The molecule has 2 aromatic rings. The SMILES string of the molecule is Nc1nnc(-c2cscn2)o1. The summed E-state index contributed by atoms with van der Waals surface area (Å²) in [6.07, 6.45) is 0. The van der Waals surface area contributed by atoms with Crippen LogP contribution in [-0.2, 0) is 0 Å². The number of nitrogens with zero attached hydrogens (tertiary/aromatic N) is 3. The van der Waals surface area contributed by atoms with Crippen molar-refractivity contribution in [2.75, 3.05) is 5.73 Å². The van der Waals surface area contributed by atoms with Gasteiger partial charge in [0, 0.05) is 5.38 Å². The third-order valence-corrected chi connectivity index (χ3v) is 1.68. The minimum atomic E-state index is 0.0630. The molecule has 0 aliphatic heterocycles. The van der Waals surface area contributed by atoms with Crippen LogP contribution in [0.3, 0.4) is 0 Å². The summed E-state index contributed by atoms with van der Waals surface area (Å²) in [6.45, 7) is 0. The quantitative estimate of drug-likeness (QED) is 0.680. The van der Waals surface area contributed by atoms with Crippen LogP contribution >= 0.6 is 11.3 Å². The van der Waals surface area contributed by atoms with Gasteiger partial charge in [0.25, 0.3) is 5.89 Å². The molecule has 0 saturated heterocycles. The highest BCUT2D eigenvalue weighted by Crippen LogP contribution is 2.17. The zero-order chi connectivity index (χ0) is 7.68. The van der Waals surface area contributed by atoms with Crippen LogP contribution in [0.15, 0.2) is 15.3 Å². The van der Waals surface area contributed by atoms with Crippen LogP contribution in [-0.4, -0.2) is 15.2 Å². The molecular weight excluding hydrogens is 164 g/mol. The van der Waals surface area contributed by atoms with E-state index in [1.807, 2.05) is 5.38 Å². The molecule has 0 aliphatic carbocycles. The molecule has 0 atom stereocenters. The van der Waals surface area contributed by atoms with E-state index >= 15 is 0 Å². The predicted octanol–water partition coefficient (Wildman–Crippen LogP) is 0.775. The van der Waals surface area contributed by atoms with Gasteiger partial charge in [0.2, 0.25) is 0 Å². The van der Waals surface area contributed by atoms with Gasteiger partial charge in [-0.15, -0.1) is 16.4 Å². The highest BCUT2D eigenvalue weighted by molar-refractivity contribution is 7.07. The van der Waals surface area contributed by atoms with Gasteiger partial charge in [-0.3, -0.25) is 0 Å². The van der Waals surface area contributed by atoms with Gasteiger partial charge in [-0.05, 0) is 0 Å². The fourth-order valence-corrected chi connectivity index (χ4v) is 1.18. The van der Waals surface area contributed by atoms with Crippen LogP contribution < -0.4 is 5.73 Å². The highest BCUT2D eigenvalue weighted by atomic mass is 32.1. The number of hydrogen-bond acceptors (Lipinski definition) is 6. The molecule has 0 saturated carbocycles. The lowest BCUT2D eigenvalue weighted by Crippen LogP contribution is -1.81. The molecule has 2 heterocycles. The zero-order valence-corrected chi connectivity index (χ0v) is 6.21. The monoisotopic (exact) mass is 168 g/mol. The van der Waals surface area contributed by atoms with E-state index in [-0.39, 0.29) is 6.01 Å². The van der Waals surface area contributed by atoms with E-state index in [0.29, 0.717) is 11.6 Å². The Morgan fingerprint density at radius 3 is 2.91 bits per heavy atom. The lowest BCUT2D eigenvalue weighted by Gasteiger charge is -1.81. The first-order chi connectivity index (χ1) is 5.36. The smallest absolute Gasteiger partial charge is 0.313 e. The van der Waals surface area contributed by atoms with Gasteiger partial charge in [0.15, 0.2) is 0 Å². The van der Waals surface area contributed by atoms with Crippen molar-refractivity contribution < 1.29 is 4.42 Å². The van der Waals surface area contributed by atoms with Crippen molar-refractivity contribution >= 4 is 17.4 Å². The summed E-state index contributed by atoms with van der Waals surface area (Å²) in [4.78, 5) is 3.97. The summed E-state index contributed by atoms with van der Waals surface area (Å²) >= 11 is 1.46. The fraction of sp³-hybridized carbons (Fsp3) is 0. The molecule has 0 aromatic carbocycles. The first-order valence-corrected chi connectivity index (χ1v) is 3.78. The molecule has 5 nitrogen and oxygen atoms in total. The Bertz CT molecular complexity index is 341. The number of anilines is 1. The average molecular weight is 168 g/mol. The summed E-state index contributed by atoms with van der Waals surface area (Å²) in [6, 6.07) is 0.0630. The van der Waals surface area contributed by atoms with E-state index in [9.17, 15) is 0 Å². The molecule has 0 fully saturated rings. The second-order valence-corrected chi connectivity index (χ2v) is 2.54. The number of hydrogen-bond donors (Lipinski definition) is 1. The van der Waals surface area contributed by atoms with Gasteiger partial charge in [-0.1, -0.05) is 5.10 Å². The van der Waals surface area contributed by atoms with E-state index < -0.39 is 0 Å². The third kappa shape index (κ3) is 1.07. The standard InChI is InChI=1S/C5H4N4OS/c6-5-9-8-4(10-5)3-1-11-2-7-3/h1-2H,(H2,6,9). The number of nitrogen functional groups attached to an aromatic ring is 1. The van der Waals surface area contributed by atoms with Gasteiger partial charge in [-0.2, -0.15) is 0 Å². The van der Waals surface area contributed by atoms with Crippen LogP contribution in [0.5, 0.6) is 0 Å². The highest BCUT2D eigenvalue weighted by Gasteiger charge is 2.06. The Labute approximate surface area is 65.9 Å². The second kappa shape index (κ2) is 2.31. The Morgan fingerprint density at radius 1 is 1.45 bits per heavy atom. The zero-order valence-electron chi connectivity index (χ0n) is 5.39. The lowest BCUT2D eigenvalue weighted by atomic mass is 10.5. The molecule has 0 bridgehead atoms. The molecule has 0 radical (unpaired) electrons. The maximum absolute atomic E-state index is 5.22. The fourth-order valence-electron chi connectivity index (χ4n) is 0.656. The van der Waals surface area contributed by atoms with Gasteiger partial charge in [0.05, 0.1) is 5.51 Å². The van der Waals surface area contributed by atoms with Gasteiger partial charge < -0.3 is 10.2 Å². The third-order valence-electron chi connectivity index (χ3n) is 1.09. The van der Waals surface area contributed by atoms with E-state index in [1.165, 1.54) is 11.3 Å². The molecule has 56 valence electrons. The molecule has 0 spiro atoms. The molecule has 0 aliphatic rings. The minimum Gasteiger partial charge on any atom is -0.402 e. The Morgan fingerprint density at radius 2 is 2.36 bits per heavy atom. The maximum atomic E-state index is 5.22. The van der Waals surface area contributed by atoms with Crippen molar-refractivity contribution in [2.24, 2.45) is 0 Å². The molecule has 0 amide bonds. The molecule has 11 heavy (non-hydrogen) atoms. The van der Waals surface area contributed by atoms with E-state index in [0.717, 1.165) is 0 Å². The number of thiazole rings is 1. The summed E-state index contributed by atoms with van der Waals surface area (Å²) in [7, 11) is 0. The van der Waals surface area contributed by atoms with Crippen LogP contribution in [0.4, 0.5) is 6.01 Å². The number of aromatic nitrogens is 3. The summed E-state index contributed by atoms with van der Waals surface area (Å²) in [5.41, 5.74) is 7.58. The first kappa shape index (κ1) is 6.29. The topological polar surface area (TPSA) is 77.8 Å². The number of nitrogens with two attached hydrogens (primary N) is 1. The van der Waals surface area contributed by atoms with Crippen LogP contribution in [0.2, 0.25) is 0 Å². The minimum absolute atomic E-state index is 0.0630. The summed E-state index contributed by atoms with van der Waals surface area (Å²) < 4.78 is 4.93. The van der Waals surface area contributed by atoms with E-state index in [1.54, 1.807) is 5.51 Å². The van der Waals surface area contributed by atoms with Crippen molar-refractivity contribution in [1.29, 1.82) is 0 Å². The van der Waals surface area contributed by atoms with Crippen molar-refractivity contribution in [1.82, 2.24) is 15.2 Å². The van der Waals surface area contributed by atoms with Crippen molar-refractivity contribution in [3.8, 4) is 11.6 Å². The number of rotatable bonds is 1. The molecular formula is C5H4N4OS. The first-order valence-electron chi connectivity index (χ1n) is 2.84. The van der Waals surface area contributed by atoms with Crippen molar-refractivity contribution in [2.45, 2.75) is 0 Å². The second-order valence-electron chi connectivity index (χ2n) is 1.82. The summed E-state index contributed by atoms with van der Waals surface area (Å²) in [5, 5.41) is 8.97. The Kier molecular flexibility index (Phi) is 1.32. The summed E-state index contributed by atoms with van der Waals surface area (Å²) in [5.74, 6) is 0.365. The van der Waals surface area contributed by atoms with Gasteiger partial charge in [0.1, 0.15) is 5.69 Å².